The molecule has 1 aromatic rings. The molecule has 94 valence electrons. The standard InChI is InChI=1S/C14H21NO2/c1-14(2)9-15-8-12(14)11-7-10(16-3)5-6-13(11)17-4/h5-7,12,15H,8-9H2,1-4H3. The molecule has 1 atom stereocenters. The summed E-state index contributed by atoms with van der Waals surface area (Å²) in [6.45, 7) is 6.61. The van der Waals surface area contributed by atoms with E-state index in [1.54, 1.807) is 14.2 Å². The molecule has 0 aromatic heterocycles. The number of rotatable bonds is 3. The molecule has 1 unspecified atom stereocenters. The summed E-state index contributed by atoms with van der Waals surface area (Å²) in [6.07, 6.45) is 0. The van der Waals surface area contributed by atoms with Gasteiger partial charge in [0.1, 0.15) is 11.5 Å². The van der Waals surface area contributed by atoms with E-state index in [0.717, 1.165) is 24.6 Å². The number of hydrogen-bond acceptors (Lipinski definition) is 3. The van der Waals surface area contributed by atoms with Crippen molar-refractivity contribution in [1.29, 1.82) is 0 Å². The molecular weight excluding hydrogens is 214 g/mol. The van der Waals surface area contributed by atoms with Crippen molar-refractivity contribution in [2.45, 2.75) is 19.8 Å². The summed E-state index contributed by atoms with van der Waals surface area (Å²) in [6, 6.07) is 6.03. The number of nitrogens with one attached hydrogen (secondary N) is 1. The Labute approximate surface area is 103 Å². The number of hydrogen-bond donors (Lipinski definition) is 1. The summed E-state index contributed by atoms with van der Waals surface area (Å²) < 4.78 is 10.8. The molecule has 1 N–H and O–H groups in total. The predicted octanol–water partition coefficient (Wildman–Crippen LogP) is 2.42. The van der Waals surface area contributed by atoms with E-state index in [2.05, 4.69) is 25.2 Å². The largest absolute Gasteiger partial charge is 0.497 e. The van der Waals surface area contributed by atoms with E-state index in [1.807, 2.05) is 12.1 Å². The predicted molar refractivity (Wildman–Crippen MR) is 68.9 cm³/mol. The number of ether oxygens (including phenoxy) is 2. The summed E-state index contributed by atoms with van der Waals surface area (Å²) in [5, 5.41) is 3.45. The van der Waals surface area contributed by atoms with Crippen LogP contribution in [0.4, 0.5) is 0 Å². The lowest BCUT2D eigenvalue weighted by Gasteiger charge is -2.27. The van der Waals surface area contributed by atoms with Crippen molar-refractivity contribution in [3.63, 3.8) is 0 Å². The zero-order valence-electron chi connectivity index (χ0n) is 11.0. The third-order valence-corrected chi connectivity index (χ3v) is 3.68. The SMILES string of the molecule is COc1ccc(OC)c(C2CNCC2(C)C)c1. The minimum atomic E-state index is 0.250. The molecule has 1 aromatic carbocycles. The van der Waals surface area contributed by atoms with Gasteiger partial charge in [-0.1, -0.05) is 13.8 Å². The van der Waals surface area contributed by atoms with E-state index in [4.69, 9.17) is 9.47 Å². The molecule has 2 rings (SSSR count). The molecule has 1 heterocycles. The maximum atomic E-state index is 5.47. The van der Waals surface area contributed by atoms with Crippen LogP contribution in [0.5, 0.6) is 11.5 Å². The van der Waals surface area contributed by atoms with Crippen LogP contribution in [0.25, 0.3) is 0 Å². The van der Waals surface area contributed by atoms with Gasteiger partial charge in [-0.3, -0.25) is 0 Å². The molecular formula is C14H21NO2. The van der Waals surface area contributed by atoms with Gasteiger partial charge in [0.15, 0.2) is 0 Å². The second kappa shape index (κ2) is 4.57. The first-order valence-electron chi connectivity index (χ1n) is 6.01. The van der Waals surface area contributed by atoms with Crippen molar-refractivity contribution < 1.29 is 9.47 Å². The van der Waals surface area contributed by atoms with Gasteiger partial charge in [0.05, 0.1) is 14.2 Å². The Morgan fingerprint density at radius 2 is 2.00 bits per heavy atom. The van der Waals surface area contributed by atoms with Crippen LogP contribution < -0.4 is 14.8 Å². The fourth-order valence-electron chi connectivity index (χ4n) is 2.58. The van der Waals surface area contributed by atoms with E-state index < -0.39 is 0 Å². The molecule has 17 heavy (non-hydrogen) atoms. The first kappa shape index (κ1) is 12.2. The van der Waals surface area contributed by atoms with Crippen LogP contribution in [0.15, 0.2) is 18.2 Å². The van der Waals surface area contributed by atoms with Crippen LogP contribution in [0, 0.1) is 5.41 Å². The van der Waals surface area contributed by atoms with Gasteiger partial charge in [-0.05, 0) is 23.6 Å². The van der Waals surface area contributed by atoms with E-state index in [-0.39, 0.29) is 5.41 Å². The number of methoxy groups -OCH3 is 2. The summed E-state index contributed by atoms with van der Waals surface area (Å²) in [5.41, 5.74) is 1.49. The first-order chi connectivity index (χ1) is 8.08. The highest BCUT2D eigenvalue weighted by Gasteiger charge is 2.37. The Morgan fingerprint density at radius 3 is 2.53 bits per heavy atom. The van der Waals surface area contributed by atoms with Crippen molar-refractivity contribution in [1.82, 2.24) is 5.32 Å². The molecule has 0 aliphatic carbocycles. The Morgan fingerprint density at radius 1 is 1.24 bits per heavy atom. The average Bonchev–Trinajstić information content (AvgIpc) is 2.68. The van der Waals surface area contributed by atoms with Crippen molar-refractivity contribution in [3.05, 3.63) is 23.8 Å². The maximum absolute atomic E-state index is 5.47. The molecule has 0 amide bonds. The van der Waals surface area contributed by atoms with Gasteiger partial charge in [0, 0.05) is 24.6 Å². The summed E-state index contributed by atoms with van der Waals surface area (Å²) in [7, 11) is 3.42. The fourth-order valence-corrected chi connectivity index (χ4v) is 2.58. The van der Waals surface area contributed by atoms with Gasteiger partial charge in [-0.2, -0.15) is 0 Å². The minimum absolute atomic E-state index is 0.250. The minimum Gasteiger partial charge on any atom is -0.497 e. The first-order valence-corrected chi connectivity index (χ1v) is 6.01. The summed E-state index contributed by atoms with van der Waals surface area (Å²) in [5.74, 6) is 2.31. The van der Waals surface area contributed by atoms with Gasteiger partial charge in [-0.15, -0.1) is 0 Å². The van der Waals surface area contributed by atoms with Crippen molar-refractivity contribution in [2.24, 2.45) is 5.41 Å². The van der Waals surface area contributed by atoms with Crippen molar-refractivity contribution >= 4 is 0 Å². The fraction of sp³-hybridized carbons (Fsp3) is 0.571. The second-order valence-electron chi connectivity index (χ2n) is 5.28. The number of benzene rings is 1. The maximum Gasteiger partial charge on any atom is 0.122 e. The van der Waals surface area contributed by atoms with Crippen LogP contribution in [-0.4, -0.2) is 27.3 Å². The molecule has 1 aliphatic rings. The smallest absolute Gasteiger partial charge is 0.122 e. The quantitative estimate of drug-likeness (QED) is 0.872. The van der Waals surface area contributed by atoms with Gasteiger partial charge in [-0.25, -0.2) is 0 Å². The molecule has 1 fully saturated rings. The van der Waals surface area contributed by atoms with E-state index in [1.165, 1.54) is 5.56 Å². The highest BCUT2D eigenvalue weighted by molar-refractivity contribution is 5.44. The highest BCUT2D eigenvalue weighted by atomic mass is 16.5. The molecule has 0 saturated carbocycles. The van der Waals surface area contributed by atoms with E-state index in [9.17, 15) is 0 Å². The molecule has 3 nitrogen and oxygen atoms in total. The lowest BCUT2D eigenvalue weighted by atomic mass is 9.77. The Kier molecular flexibility index (Phi) is 3.29. The molecule has 0 spiro atoms. The molecule has 1 saturated heterocycles. The van der Waals surface area contributed by atoms with Gasteiger partial charge < -0.3 is 14.8 Å². The monoisotopic (exact) mass is 235 g/mol. The third-order valence-electron chi connectivity index (χ3n) is 3.68. The third kappa shape index (κ3) is 2.25. The second-order valence-corrected chi connectivity index (χ2v) is 5.28. The van der Waals surface area contributed by atoms with Crippen LogP contribution >= 0.6 is 0 Å². The van der Waals surface area contributed by atoms with Gasteiger partial charge in [0.25, 0.3) is 0 Å². The Balaban J connectivity index is 2.42. The lowest BCUT2D eigenvalue weighted by molar-refractivity contribution is 0.342. The van der Waals surface area contributed by atoms with Gasteiger partial charge >= 0.3 is 0 Å². The zero-order valence-corrected chi connectivity index (χ0v) is 11.0. The van der Waals surface area contributed by atoms with Crippen molar-refractivity contribution in [2.75, 3.05) is 27.3 Å². The summed E-state index contributed by atoms with van der Waals surface area (Å²) >= 11 is 0. The van der Waals surface area contributed by atoms with Crippen molar-refractivity contribution in [3.8, 4) is 11.5 Å². The topological polar surface area (TPSA) is 30.5 Å². The molecule has 3 heteroatoms. The average molecular weight is 235 g/mol. The van der Waals surface area contributed by atoms with Crippen LogP contribution in [0.1, 0.15) is 25.3 Å². The van der Waals surface area contributed by atoms with Crippen LogP contribution in [0.3, 0.4) is 0 Å². The zero-order chi connectivity index (χ0) is 12.5. The van der Waals surface area contributed by atoms with Gasteiger partial charge in [0.2, 0.25) is 0 Å². The normalized spacial score (nSPS) is 22.5. The molecule has 0 radical (unpaired) electrons. The molecule has 1 aliphatic heterocycles. The summed E-state index contributed by atoms with van der Waals surface area (Å²) in [4.78, 5) is 0. The van der Waals surface area contributed by atoms with E-state index >= 15 is 0 Å². The Hall–Kier alpha value is -1.22. The lowest BCUT2D eigenvalue weighted by Crippen LogP contribution is -2.21. The van der Waals surface area contributed by atoms with Crippen LogP contribution in [-0.2, 0) is 0 Å². The highest BCUT2D eigenvalue weighted by Crippen LogP contribution is 2.43. The van der Waals surface area contributed by atoms with Crippen LogP contribution in [0.2, 0.25) is 0 Å². The Bertz CT molecular complexity index is 401. The molecule has 0 bridgehead atoms. The van der Waals surface area contributed by atoms with E-state index in [0.29, 0.717) is 5.92 Å².